The van der Waals surface area contributed by atoms with Crippen molar-refractivity contribution in [3.8, 4) is 10.6 Å². The van der Waals surface area contributed by atoms with E-state index in [4.69, 9.17) is 11.5 Å². The Bertz CT molecular complexity index is 1090. The van der Waals surface area contributed by atoms with Crippen LogP contribution in [0.2, 0.25) is 0 Å². The first-order valence-electron chi connectivity index (χ1n) is 9.69. The van der Waals surface area contributed by atoms with Gasteiger partial charge in [0, 0.05) is 37.9 Å². The van der Waals surface area contributed by atoms with Crippen LogP contribution >= 0.6 is 11.3 Å². The molecule has 0 saturated carbocycles. The fourth-order valence-electron chi connectivity index (χ4n) is 3.54. The van der Waals surface area contributed by atoms with Crippen molar-refractivity contribution in [3.63, 3.8) is 0 Å². The molecular weight excluding hydrogens is 426 g/mol. The number of nitrogens with zero attached hydrogens (tertiary/aromatic N) is 5. The summed E-state index contributed by atoms with van der Waals surface area (Å²) in [5.74, 6) is -0.453. The van der Waals surface area contributed by atoms with E-state index in [9.17, 15) is 13.6 Å². The topological polar surface area (TPSA) is 128 Å². The van der Waals surface area contributed by atoms with Crippen LogP contribution < -0.4 is 21.7 Å². The van der Waals surface area contributed by atoms with E-state index in [2.05, 4.69) is 20.4 Å². The highest BCUT2D eigenvalue weighted by atomic mass is 32.1. The molecule has 0 aromatic carbocycles. The predicted octanol–water partition coefficient (Wildman–Crippen LogP) is 2.18. The maximum absolute atomic E-state index is 14.0. The minimum atomic E-state index is -1.07. The van der Waals surface area contributed by atoms with Gasteiger partial charge in [-0.2, -0.15) is 5.10 Å². The largest absolute Gasteiger partial charge is 0.389 e. The zero-order chi connectivity index (χ0) is 22.1. The van der Waals surface area contributed by atoms with Gasteiger partial charge in [0.2, 0.25) is 0 Å². The first-order chi connectivity index (χ1) is 14.8. The number of anilines is 3. The molecule has 1 saturated heterocycles. The van der Waals surface area contributed by atoms with Gasteiger partial charge in [0.15, 0.2) is 17.3 Å². The number of rotatable bonds is 4. The molecule has 0 spiro atoms. The van der Waals surface area contributed by atoms with Gasteiger partial charge < -0.3 is 21.7 Å². The molecule has 12 heteroatoms. The first kappa shape index (κ1) is 21.1. The second kappa shape index (κ2) is 8.55. The van der Waals surface area contributed by atoms with Crippen molar-refractivity contribution < 1.29 is 13.6 Å². The van der Waals surface area contributed by atoms with Gasteiger partial charge in [-0.1, -0.05) is 11.3 Å². The van der Waals surface area contributed by atoms with E-state index in [0.29, 0.717) is 37.4 Å². The fourth-order valence-corrected chi connectivity index (χ4v) is 4.39. The number of carbonyl (C=O) groups is 1. The Morgan fingerprint density at radius 1 is 1.32 bits per heavy atom. The van der Waals surface area contributed by atoms with Gasteiger partial charge in [0.25, 0.3) is 5.91 Å². The number of amides is 1. The van der Waals surface area contributed by atoms with Crippen LogP contribution in [0.1, 0.15) is 23.3 Å². The van der Waals surface area contributed by atoms with Crippen molar-refractivity contribution >= 4 is 33.8 Å². The molecule has 0 bridgehead atoms. The molecular formula is C19H22F2N8OS. The lowest BCUT2D eigenvalue weighted by Crippen LogP contribution is -2.31. The van der Waals surface area contributed by atoms with Crippen LogP contribution in [-0.4, -0.2) is 51.0 Å². The molecule has 0 unspecified atom stereocenters. The highest BCUT2D eigenvalue weighted by Crippen LogP contribution is 2.33. The number of pyridine rings is 1. The van der Waals surface area contributed by atoms with E-state index < -0.39 is 23.9 Å². The lowest BCUT2D eigenvalue weighted by Gasteiger charge is -2.24. The summed E-state index contributed by atoms with van der Waals surface area (Å²) in [5.41, 5.74) is 12.5. The summed E-state index contributed by atoms with van der Waals surface area (Å²) in [7, 11) is 1.74. The quantitative estimate of drug-likeness (QED) is 0.558. The SMILES string of the molecule is Cn1ncc(NC(=O)c2nc(-c3ccncc3F)sc2N)c1N1CC[C@H](N)[C@@H](F)CC1. The van der Waals surface area contributed by atoms with E-state index in [1.807, 2.05) is 4.90 Å². The van der Waals surface area contributed by atoms with Crippen LogP contribution in [0.15, 0.2) is 24.7 Å². The average molecular weight is 449 g/mol. The summed E-state index contributed by atoms with van der Waals surface area (Å²) in [5, 5.41) is 7.44. The number of aryl methyl sites for hydroxylation is 1. The molecule has 31 heavy (non-hydrogen) atoms. The van der Waals surface area contributed by atoms with Crippen molar-refractivity contribution in [2.45, 2.75) is 25.1 Å². The molecule has 1 aliphatic heterocycles. The van der Waals surface area contributed by atoms with E-state index in [1.54, 1.807) is 11.7 Å². The Balaban J connectivity index is 1.57. The van der Waals surface area contributed by atoms with Gasteiger partial charge in [-0.05, 0) is 18.9 Å². The lowest BCUT2D eigenvalue weighted by molar-refractivity contribution is 0.102. The molecule has 5 N–H and O–H groups in total. The van der Waals surface area contributed by atoms with Crippen LogP contribution in [0.25, 0.3) is 10.6 Å². The Morgan fingerprint density at radius 2 is 2.10 bits per heavy atom. The maximum atomic E-state index is 14.0. The number of hydrogen-bond acceptors (Lipinski definition) is 8. The number of carbonyl (C=O) groups excluding carboxylic acids is 1. The number of nitrogen functional groups attached to an aromatic ring is 1. The van der Waals surface area contributed by atoms with Gasteiger partial charge in [0.1, 0.15) is 21.9 Å². The van der Waals surface area contributed by atoms with E-state index in [1.165, 1.54) is 18.5 Å². The zero-order valence-electron chi connectivity index (χ0n) is 16.8. The number of nitrogens with one attached hydrogen (secondary N) is 1. The molecule has 0 radical (unpaired) electrons. The summed E-state index contributed by atoms with van der Waals surface area (Å²) >= 11 is 1.01. The van der Waals surface area contributed by atoms with E-state index >= 15 is 0 Å². The first-order valence-corrected chi connectivity index (χ1v) is 10.5. The smallest absolute Gasteiger partial charge is 0.277 e. The minimum absolute atomic E-state index is 0.00674. The number of thiazole rings is 1. The number of hydrogen-bond donors (Lipinski definition) is 3. The Hall–Kier alpha value is -3.12. The molecule has 0 aliphatic carbocycles. The molecule has 2 atom stereocenters. The van der Waals surface area contributed by atoms with Crippen LogP contribution in [0.5, 0.6) is 0 Å². The monoisotopic (exact) mass is 448 g/mol. The van der Waals surface area contributed by atoms with E-state index in [-0.39, 0.29) is 21.3 Å². The molecule has 4 rings (SSSR count). The lowest BCUT2D eigenvalue weighted by atomic mass is 10.1. The van der Waals surface area contributed by atoms with Crippen molar-refractivity contribution in [1.29, 1.82) is 0 Å². The van der Waals surface area contributed by atoms with Gasteiger partial charge in [0.05, 0.1) is 12.4 Å². The predicted molar refractivity (Wildman–Crippen MR) is 115 cm³/mol. The summed E-state index contributed by atoms with van der Waals surface area (Å²) in [4.78, 5) is 22.8. The number of halogens is 2. The number of alkyl halides is 1. The van der Waals surface area contributed by atoms with Crippen molar-refractivity contribution in [3.05, 3.63) is 36.2 Å². The van der Waals surface area contributed by atoms with Crippen molar-refractivity contribution in [2.75, 3.05) is 29.0 Å². The molecule has 1 fully saturated rings. The standard InChI is InChI=1S/C19H22F2N8OS/c1-28-19(29-6-3-11(20)13(22)4-7-29)14(9-25-28)26-17(30)15-16(23)31-18(27-15)10-2-5-24-8-12(10)21/h2,5,8-9,11,13H,3-4,6-7,22-23H2,1H3,(H,26,30)/t11-,13-/m0/s1. The highest BCUT2D eigenvalue weighted by molar-refractivity contribution is 7.19. The normalized spacial score (nSPS) is 19.3. The third kappa shape index (κ3) is 4.21. The fraction of sp³-hybridized carbons (Fsp3) is 0.368. The third-order valence-electron chi connectivity index (χ3n) is 5.20. The molecule has 9 nitrogen and oxygen atoms in total. The Morgan fingerprint density at radius 3 is 2.87 bits per heavy atom. The van der Waals surface area contributed by atoms with Gasteiger partial charge in [-0.25, -0.2) is 13.8 Å². The minimum Gasteiger partial charge on any atom is -0.389 e. The van der Waals surface area contributed by atoms with Gasteiger partial charge in [-0.3, -0.25) is 14.5 Å². The molecule has 3 aromatic rings. The summed E-state index contributed by atoms with van der Waals surface area (Å²) in [6.07, 6.45) is 3.73. The van der Waals surface area contributed by atoms with Crippen molar-refractivity contribution in [2.24, 2.45) is 12.8 Å². The summed E-state index contributed by atoms with van der Waals surface area (Å²) in [6, 6.07) is 0.953. The molecule has 164 valence electrons. The summed E-state index contributed by atoms with van der Waals surface area (Å²) < 4.78 is 29.6. The zero-order valence-corrected chi connectivity index (χ0v) is 17.6. The second-order valence-electron chi connectivity index (χ2n) is 7.29. The number of aromatic nitrogens is 4. The van der Waals surface area contributed by atoms with Crippen LogP contribution in [0, 0.1) is 5.82 Å². The van der Waals surface area contributed by atoms with Crippen LogP contribution in [0.4, 0.5) is 25.3 Å². The van der Waals surface area contributed by atoms with Gasteiger partial charge in [-0.15, -0.1) is 0 Å². The molecule has 1 amide bonds. The summed E-state index contributed by atoms with van der Waals surface area (Å²) in [6.45, 7) is 0.982. The van der Waals surface area contributed by atoms with Crippen molar-refractivity contribution in [1.82, 2.24) is 19.7 Å². The number of nitrogens with two attached hydrogens (primary N) is 2. The van der Waals surface area contributed by atoms with Crippen LogP contribution in [-0.2, 0) is 7.05 Å². The highest BCUT2D eigenvalue weighted by Gasteiger charge is 2.27. The average Bonchev–Trinajstić information content (AvgIpc) is 3.25. The third-order valence-corrected chi connectivity index (χ3v) is 6.12. The second-order valence-corrected chi connectivity index (χ2v) is 8.32. The Labute approximate surface area is 181 Å². The molecule has 3 aromatic heterocycles. The van der Waals surface area contributed by atoms with E-state index in [0.717, 1.165) is 17.5 Å². The molecule has 4 heterocycles. The Kier molecular flexibility index (Phi) is 5.83. The molecule has 1 aliphatic rings. The maximum Gasteiger partial charge on any atom is 0.277 e. The van der Waals surface area contributed by atoms with Gasteiger partial charge >= 0.3 is 0 Å². The van der Waals surface area contributed by atoms with Crippen LogP contribution in [0.3, 0.4) is 0 Å².